The molecule has 0 N–H and O–H groups in total. The predicted molar refractivity (Wildman–Crippen MR) is 20.3 cm³/mol. The normalized spacial score (nSPS) is 10.0. The first kappa shape index (κ1) is 16.4. The number of halogens is 5. The molecule has 7 heteroatoms. The third-order valence-corrected chi connectivity index (χ3v) is 0.214. The fraction of sp³-hybridized carbons (Fsp3) is 0.500. The van der Waals surface area contributed by atoms with Crippen LogP contribution in [0.25, 0.3) is 0 Å². The summed E-state index contributed by atoms with van der Waals surface area (Å²) in [5, 5.41) is 0. The van der Waals surface area contributed by atoms with Crippen molar-refractivity contribution in [3.05, 3.63) is 6.43 Å². The molecule has 63 valence electrons. The van der Waals surface area contributed by atoms with Crippen LogP contribution in [-0.4, -0.2) is 6.18 Å². The van der Waals surface area contributed by atoms with Crippen molar-refractivity contribution in [2.45, 2.75) is 6.18 Å². The Morgan fingerprint density at radius 1 is 1.00 bits per heavy atom. The molecule has 0 unspecified atom stereocenters. The summed E-state index contributed by atoms with van der Waals surface area (Å²) in [6.45, 7) is 0. The topological polar surface area (TPSA) is 0 Å². The van der Waals surface area contributed by atoms with Crippen LogP contribution in [0.15, 0.2) is 0 Å². The Hall–Kier alpha value is 0.740. The van der Waals surface area contributed by atoms with Gasteiger partial charge in [0.1, 0.15) is 6.43 Å². The van der Waals surface area contributed by atoms with E-state index in [0.717, 1.165) is 0 Å². The van der Waals surface area contributed by atoms with Crippen molar-refractivity contribution in [2.75, 3.05) is 0 Å². The van der Waals surface area contributed by atoms with Gasteiger partial charge in [-0.1, -0.05) is 0 Å². The number of alkyl halides is 3. The predicted octanol–water partition coefficient (Wildman–Crippen LogP) is 1.70. The van der Waals surface area contributed by atoms with E-state index in [4.69, 9.17) is 0 Å². The molecule has 1 radical (unpaired) electrons. The molecule has 0 spiro atoms. The van der Waals surface area contributed by atoms with E-state index in [1.165, 1.54) is 0 Å². The van der Waals surface area contributed by atoms with Crippen molar-refractivity contribution < 1.29 is 44.3 Å². The zero-order valence-corrected chi connectivity index (χ0v) is 6.02. The SMILES string of the molecule is F[C-](F)C(F)(F)F.[Ag].[SH-]. The minimum Gasteiger partial charge on any atom is -0.813 e. The Labute approximate surface area is 70.8 Å². The molecule has 0 fully saturated rings. The minimum absolute atomic E-state index is 0. The second-order valence-electron chi connectivity index (χ2n) is 0.758. The van der Waals surface area contributed by atoms with Gasteiger partial charge in [-0.3, -0.25) is 0 Å². The summed E-state index contributed by atoms with van der Waals surface area (Å²) in [5.74, 6) is 0. The van der Waals surface area contributed by atoms with Crippen molar-refractivity contribution >= 4 is 13.5 Å². The molecule has 0 bridgehead atoms. The maximum Gasteiger partial charge on any atom is 0.326 e. The van der Waals surface area contributed by atoms with E-state index in [9.17, 15) is 22.0 Å². The Kier molecular flexibility index (Phi) is 10.0. The van der Waals surface area contributed by atoms with Gasteiger partial charge in [-0.05, 0) is 0 Å². The van der Waals surface area contributed by atoms with Crippen LogP contribution in [0.3, 0.4) is 0 Å². The van der Waals surface area contributed by atoms with Gasteiger partial charge in [0.05, 0.1) is 0 Å². The van der Waals surface area contributed by atoms with E-state index in [1.54, 1.807) is 0 Å². The van der Waals surface area contributed by atoms with E-state index < -0.39 is 12.6 Å². The fourth-order valence-corrected chi connectivity index (χ4v) is 0. The number of hydrogen-bond donors (Lipinski definition) is 0. The van der Waals surface area contributed by atoms with Gasteiger partial charge in [-0.15, -0.1) is 0 Å². The Morgan fingerprint density at radius 2 is 1.11 bits per heavy atom. The van der Waals surface area contributed by atoms with Crippen LogP contribution in [0.1, 0.15) is 0 Å². The van der Waals surface area contributed by atoms with Crippen LogP contribution in [0.5, 0.6) is 0 Å². The summed E-state index contributed by atoms with van der Waals surface area (Å²) < 4.78 is 51.8. The van der Waals surface area contributed by atoms with Crippen LogP contribution in [0.2, 0.25) is 0 Å². The average Bonchev–Trinajstić information content (AvgIpc) is 1.31. The first-order valence-electron chi connectivity index (χ1n) is 1.19. The summed E-state index contributed by atoms with van der Waals surface area (Å²) in [6.07, 6.45) is -8.92. The maximum absolute atomic E-state index is 10.4. The molecule has 0 heterocycles. The standard InChI is InChI=1S/C2F5.Ag.H2S/c3-1(4)2(5,6)7;;/h;;1H2/q-1;;/p-1. The van der Waals surface area contributed by atoms with Crippen molar-refractivity contribution in [1.29, 1.82) is 0 Å². The Balaban J connectivity index is -0.000000180. The van der Waals surface area contributed by atoms with Gasteiger partial charge in [0.2, 0.25) is 0 Å². The van der Waals surface area contributed by atoms with Gasteiger partial charge in [0.25, 0.3) is 0 Å². The molecule has 0 aromatic heterocycles. The fourth-order valence-electron chi connectivity index (χ4n) is 0. The zero-order chi connectivity index (χ0) is 6.08. The minimum atomic E-state index is -5.42. The monoisotopic (exact) mass is 259 g/mol. The average molecular weight is 260 g/mol. The van der Waals surface area contributed by atoms with Crippen LogP contribution in [0, 0.1) is 6.43 Å². The molecule has 0 aliphatic heterocycles. The van der Waals surface area contributed by atoms with Gasteiger partial charge in [-0.25, -0.2) is 13.2 Å². The van der Waals surface area contributed by atoms with E-state index in [2.05, 4.69) is 0 Å². The second kappa shape index (κ2) is 5.52. The first-order chi connectivity index (χ1) is 2.94. The zero-order valence-electron chi connectivity index (χ0n) is 3.64. The van der Waals surface area contributed by atoms with Crippen LogP contribution >= 0.6 is 0 Å². The molecule has 0 saturated heterocycles. The van der Waals surface area contributed by atoms with Gasteiger partial charge < -0.3 is 22.3 Å². The number of thiol groups is 1. The summed E-state index contributed by atoms with van der Waals surface area (Å²) in [4.78, 5) is 0. The molecule has 0 saturated carbocycles. The van der Waals surface area contributed by atoms with Crippen molar-refractivity contribution in [2.24, 2.45) is 0 Å². The molecule has 0 aromatic carbocycles. The van der Waals surface area contributed by atoms with Crippen molar-refractivity contribution in [3.8, 4) is 0 Å². The number of hydrogen-bond acceptors (Lipinski definition) is 1. The molecule has 0 rings (SSSR count). The molecule has 0 nitrogen and oxygen atoms in total. The third-order valence-electron chi connectivity index (χ3n) is 0.214. The smallest absolute Gasteiger partial charge is 0.326 e. The quantitative estimate of drug-likeness (QED) is 0.210. The summed E-state index contributed by atoms with van der Waals surface area (Å²) in [5.41, 5.74) is 0. The molecule has 0 aliphatic carbocycles. The molecule has 9 heavy (non-hydrogen) atoms. The molecule has 0 aromatic rings. The van der Waals surface area contributed by atoms with Gasteiger partial charge >= 0.3 is 6.18 Å². The summed E-state index contributed by atoms with van der Waals surface area (Å²) in [7, 11) is 0. The largest absolute Gasteiger partial charge is 0.813 e. The Bertz CT molecular complexity index is 60.5. The van der Waals surface area contributed by atoms with Gasteiger partial charge in [0, 0.05) is 22.4 Å². The van der Waals surface area contributed by atoms with Gasteiger partial charge in [0.15, 0.2) is 0 Å². The van der Waals surface area contributed by atoms with Crippen LogP contribution in [0.4, 0.5) is 22.0 Å². The molecule has 0 amide bonds. The third kappa shape index (κ3) is 8.74. The van der Waals surface area contributed by atoms with E-state index in [0.29, 0.717) is 0 Å². The molecular formula is C2HAgF5S-2. The summed E-state index contributed by atoms with van der Waals surface area (Å²) >= 11 is 0. The Morgan fingerprint density at radius 3 is 1.11 bits per heavy atom. The molecule has 0 aliphatic rings. The van der Waals surface area contributed by atoms with E-state index in [1.807, 2.05) is 0 Å². The van der Waals surface area contributed by atoms with Crippen LogP contribution < -0.4 is 0 Å². The molecular weight excluding hydrogens is 259 g/mol. The van der Waals surface area contributed by atoms with E-state index >= 15 is 0 Å². The van der Waals surface area contributed by atoms with Gasteiger partial charge in [-0.2, -0.15) is 0 Å². The first-order valence-corrected chi connectivity index (χ1v) is 1.19. The second-order valence-corrected chi connectivity index (χ2v) is 0.758. The van der Waals surface area contributed by atoms with Crippen molar-refractivity contribution in [3.63, 3.8) is 0 Å². The molecule has 0 atom stereocenters. The maximum atomic E-state index is 10.4. The van der Waals surface area contributed by atoms with Crippen molar-refractivity contribution in [1.82, 2.24) is 0 Å². The van der Waals surface area contributed by atoms with E-state index in [-0.39, 0.29) is 35.9 Å². The summed E-state index contributed by atoms with van der Waals surface area (Å²) in [6, 6.07) is 0. The van der Waals surface area contributed by atoms with Crippen LogP contribution in [-0.2, 0) is 35.9 Å². The number of rotatable bonds is 0.